The van der Waals surface area contributed by atoms with E-state index in [1.165, 1.54) is 0 Å². The molecular weight excluding hydrogens is 1580 g/mol. The number of nitrogen functional groups attached to an aromatic ring is 1. The Bertz CT molecular complexity index is 5960. The molecule has 620 valence electrons. The fourth-order valence-electron chi connectivity index (χ4n) is 15.1. The maximum absolute atomic E-state index is 12.6. The Morgan fingerprint density at radius 3 is 0.760 bits per heavy atom. The van der Waals surface area contributed by atoms with E-state index in [1.54, 1.807) is 9.59 Å². The van der Waals surface area contributed by atoms with Crippen LogP contribution in [0.15, 0.2) is 413 Å². The molecule has 2 heterocycles. The second kappa shape index (κ2) is 42.0. The highest BCUT2D eigenvalue weighted by molar-refractivity contribution is 6.63. The van der Waals surface area contributed by atoms with Crippen molar-refractivity contribution in [3.63, 3.8) is 0 Å². The number of fused-ring (bicyclic) bond motifs is 2. The first-order valence-electron chi connectivity index (χ1n) is 41.4. The number of para-hydroxylation sites is 8. The summed E-state index contributed by atoms with van der Waals surface area (Å²) >= 11 is 10.4. The number of rotatable bonds is 27. The summed E-state index contributed by atoms with van der Waals surface area (Å²) in [7, 11) is 0. The number of nitrogens with zero attached hydrogens (tertiary/aromatic N) is 10. The molecule has 18 aromatic rings. The SMILES string of the molecule is C.C.CCCCCC(=O)Nc1ccc(-n2nc3c(-c4ccc(N(c5ccccc5)c5ccccc5)cc4)ccc(-c4ccc(N(c5ccccc5)c5ccccc5)cc4)c3n2)cc1.Nc1ccc(-n2nc3c(-c4ccc(N(c5ccccc5)c5ccccc5)cc4)ccc(-c4ccc(N(c5ccccc5)c5ccccc5)cc4)c3n2)cc1.O=C(Cl)CCCCCl. The molecule has 14 nitrogen and oxygen atoms in total. The van der Waals surface area contributed by atoms with Crippen LogP contribution in [0.25, 0.3) is 77.9 Å². The van der Waals surface area contributed by atoms with Gasteiger partial charge in [-0.25, -0.2) is 0 Å². The van der Waals surface area contributed by atoms with Crippen LogP contribution in [0.5, 0.6) is 0 Å². The molecule has 1 amide bonds. The van der Waals surface area contributed by atoms with Gasteiger partial charge in [-0.15, -0.1) is 32.0 Å². The van der Waals surface area contributed by atoms with Crippen LogP contribution in [-0.2, 0) is 9.59 Å². The van der Waals surface area contributed by atoms with Gasteiger partial charge in [0.05, 0.1) is 11.4 Å². The number of benzene rings is 16. The number of nitrogens with one attached hydrogen (secondary N) is 1. The number of carbonyl (C=O) groups excluding carboxylic acids is 2. The van der Waals surface area contributed by atoms with Gasteiger partial charge in [0.1, 0.15) is 22.1 Å². The smallest absolute Gasteiger partial charge is 0.224 e. The van der Waals surface area contributed by atoms with Crippen LogP contribution in [0.2, 0.25) is 0 Å². The molecule has 0 saturated carbocycles. The molecule has 2 aromatic heterocycles. The average molecular weight is 1680 g/mol. The second-order valence-corrected chi connectivity index (χ2v) is 30.4. The highest BCUT2D eigenvalue weighted by atomic mass is 35.5. The number of amides is 1. The lowest BCUT2D eigenvalue weighted by Gasteiger charge is -2.25. The third-order valence-corrected chi connectivity index (χ3v) is 21.7. The van der Waals surface area contributed by atoms with E-state index < -0.39 is 0 Å². The number of alkyl halides is 1. The van der Waals surface area contributed by atoms with E-state index in [0.29, 0.717) is 24.4 Å². The zero-order chi connectivity index (χ0) is 84.1. The van der Waals surface area contributed by atoms with Gasteiger partial charge in [0, 0.05) is 121 Å². The second-order valence-electron chi connectivity index (χ2n) is 29.6. The number of carbonyl (C=O) groups is 2. The number of hydrogen-bond acceptors (Lipinski definition) is 11. The minimum absolute atomic E-state index is 0. The summed E-state index contributed by atoms with van der Waals surface area (Å²) < 4.78 is 0. The summed E-state index contributed by atoms with van der Waals surface area (Å²) in [6.45, 7) is 2.14. The number of hydrogen-bond donors (Lipinski definition) is 2. The molecule has 16 aromatic carbocycles. The number of halogens is 2. The normalized spacial score (nSPS) is 10.7. The first kappa shape index (κ1) is 86.4. The maximum Gasteiger partial charge on any atom is 0.224 e. The topological polar surface area (TPSA) is 147 Å². The Labute approximate surface area is 742 Å². The zero-order valence-electron chi connectivity index (χ0n) is 68.0. The molecule has 125 heavy (non-hydrogen) atoms. The Hall–Kier alpha value is -15.0. The van der Waals surface area contributed by atoms with Gasteiger partial charge in [-0.05, 0) is 247 Å². The molecule has 0 unspecified atom stereocenters. The third-order valence-electron chi connectivity index (χ3n) is 21.2. The van der Waals surface area contributed by atoms with Crippen LogP contribution in [0, 0.1) is 0 Å². The Kier molecular flexibility index (Phi) is 29.1. The minimum atomic E-state index is -0.268. The van der Waals surface area contributed by atoms with Crippen molar-refractivity contribution < 1.29 is 9.59 Å². The predicted molar refractivity (Wildman–Crippen MR) is 524 cm³/mol. The van der Waals surface area contributed by atoms with E-state index in [2.05, 4.69) is 347 Å². The largest absolute Gasteiger partial charge is 0.399 e. The van der Waals surface area contributed by atoms with Crippen LogP contribution in [0.4, 0.5) is 79.6 Å². The summed E-state index contributed by atoms with van der Waals surface area (Å²) in [5.41, 5.74) is 33.4. The first-order chi connectivity index (χ1) is 60.6. The predicted octanol–water partition coefficient (Wildman–Crippen LogP) is 29.9. The molecule has 0 aliphatic carbocycles. The third kappa shape index (κ3) is 20.8. The van der Waals surface area contributed by atoms with Crippen molar-refractivity contribution in [3.05, 3.63) is 413 Å². The van der Waals surface area contributed by atoms with Gasteiger partial charge in [0.25, 0.3) is 0 Å². The number of unbranched alkanes of at least 4 members (excludes halogenated alkanes) is 3. The summed E-state index contributed by atoms with van der Waals surface area (Å²) in [5, 5.41) is 23.3. The van der Waals surface area contributed by atoms with Crippen LogP contribution in [0.3, 0.4) is 0 Å². The Morgan fingerprint density at radius 2 is 0.528 bits per heavy atom. The molecule has 0 aliphatic rings. The highest BCUT2D eigenvalue weighted by Crippen LogP contribution is 2.44. The number of anilines is 14. The molecule has 0 bridgehead atoms. The molecule has 0 saturated heterocycles. The fraction of sp³-hybridized carbons (Fsp3) is 0.101. The van der Waals surface area contributed by atoms with Crippen LogP contribution >= 0.6 is 23.2 Å². The first-order valence-corrected chi connectivity index (χ1v) is 42.3. The molecular formula is C109H98Cl2N12O2. The van der Waals surface area contributed by atoms with Gasteiger partial charge in [-0.1, -0.05) is 253 Å². The van der Waals surface area contributed by atoms with Crippen molar-refractivity contribution >= 4 is 136 Å². The van der Waals surface area contributed by atoms with E-state index in [-0.39, 0.29) is 26.0 Å². The lowest BCUT2D eigenvalue weighted by molar-refractivity contribution is -0.116. The van der Waals surface area contributed by atoms with Crippen LogP contribution in [0.1, 0.15) is 66.7 Å². The van der Waals surface area contributed by atoms with Crippen molar-refractivity contribution in [2.75, 3.05) is 36.5 Å². The van der Waals surface area contributed by atoms with Crippen LogP contribution in [-0.4, -0.2) is 47.0 Å². The van der Waals surface area contributed by atoms with Crippen molar-refractivity contribution in [1.29, 1.82) is 0 Å². The van der Waals surface area contributed by atoms with E-state index in [1.807, 2.05) is 97.1 Å². The highest BCUT2D eigenvalue weighted by Gasteiger charge is 2.23. The molecule has 0 fully saturated rings. The standard InChI is InChI=1S/C54H46N6O.C48H36N6.C5H8Cl2O.2CH4/c1-2-3-8-25-52(61)55-42-30-36-49(37-31-42)60-56-53-50(40-26-32-47(33-27-40)58(43-17-9-4-10-18-43)44-19-11-5-12-20-44)38-39-51(54(53)57-60)41-28-34-48(35-29-41)59(45-21-13-6-14-22-45)46-23-15-7-16-24-46;49-37-25-31-44(32-26-37)54-50-47-45(35-21-27-42(28-22-35)52(38-13-5-1-6-14-38)39-15-7-2-8-16-39)33-34-46(48(47)51-54)36-23-29-43(30-24-36)53(40-17-9-3-10-18-40)41-19-11-4-12-20-41;6-4-2-1-3-5(7)8;;/h4-7,9-24,26-39H,2-3,8,25H2,1H3,(H,55,61);1-34H,49H2;1-4H2;2*1H4. The molecule has 0 radical (unpaired) electrons. The fourth-order valence-corrected chi connectivity index (χ4v) is 15.4. The van der Waals surface area contributed by atoms with Gasteiger partial charge in [-0.3, -0.25) is 9.59 Å². The molecule has 0 atom stereocenters. The van der Waals surface area contributed by atoms with Crippen molar-refractivity contribution in [3.8, 4) is 55.9 Å². The zero-order valence-corrected chi connectivity index (χ0v) is 69.6. The van der Waals surface area contributed by atoms with E-state index >= 15 is 0 Å². The van der Waals surface area contributed by atoms with Gasteiger partial charge in [0.15, 0.2) is 0 Å². The molecule has 16 heteroatoms. The summed E-state index contributed by atoms with van der Waals surface area (Å²) in [6, 6.07) is 142. The van der Waals surface area contributed by atoms with Gasteiger partial charge in [-0.2, -0.15) is 9.59 Å². The van der Waals surface area contributed by atoms with Gasteiger partial charge >= 0.3 is 0 Å². The van der Waals surface area contributed by atoms with Crippen molar-refractivity contribution in [1.82, 2.24) is 30.0 Å². The molecule has 0 aliphatic heterocycles. The van der Waals surface area contributed by atoms with Gasteiger partial charge < -0.3 is 30.7 Å². The van der Waals surface area contributed by atoms with E-state index in [9.17, 15) is 9.59 Å². The average Bonchev–Trinajstić information content (AvgIpc) is 1.63. The summed E-state index contributed by atoms with van der Waals surface area (Å²) in [5.74, 6) is 0.645. The van der Waals surface area contributed by atoms with E-state index in [4.69, 9.17) is 49.3 Å². The van der Waals surface area contributed by atoms with Crippen molar-refractivity contribution in [2.45, 2.75) is 66.7 Å². The monoisotopic (exact) mass is 1680 g/mol. The van der Waals surface area contributed by atoms with Gasteiger partial charge in [0.2, 0.25) is 11.1 Å². The quantitative estimate of drug-likeness (QED) is 0.0219. The lowest BCUT2D eigenvalue weighted by atomic mass is 9.97. The Balaban J connectivity index is 0.000000185. The number of aromatic nitrogens is 6. The summed E-state index contributed by atoms with van der Waals surface area (Å²) in [6.07, 6.45) is 5.66. The lowest BCUT2D eigenvalue weighted by Crippen LogP contribution is -2.11. The van der Waals surface area contributed by atoms with Crippen molar-refractivity contribution in [2.24, 2.45) is 0 Å². The molecule has 0 spiro atoms. The van der Waals surface area contributed by atoms with Crippen LogP contribution < -0.4 is 30.7 Å². The maximum atomic E-state index is 12.6. The Morgan fingerprint density at radius 1 is 0.296 bits per heavy atom. The molecule has 3 N–H and O–H groups in total. The number of nitrogens with two attached hydrogens (primary N) is 1. The summed E-state index contributed by atoms with van der Waals surface area (Å²) in [4.78, 5) is 35.1. The van der Waals surface area contributed by atoms with E-state index in [0.717, 1.165) is 184 Å². The minimum Gasteiger partial charge on any atom is -0.399 e. The molecule has 18 rings (SSSR count).